The number of piperidine rings is 1. The number of hydrogen-bond acceptors (Lipinski definition) is 9. The second-order valence-corrected chi connectivity index (χ2v) is 12.5. The molecule has 8 nitrogen and oxygen atoms in total. The Morgan fingerprint density at radius 3 is 2.72 bits per heavy atom. The fraction of sp³-hybridized carbons (Fsp3) is 0.621. The number of aromatic nitrogens is 3. The Bertz CT molecular complexity index is 1210. The maximum absolute atomic E-state index is 6.73. The second kappa shape index (κ2) is 12.6. The van der Waals surface area contributed by atoms with Crippen molar-refractivity contribution in [2.24, 2.45) is 17.1 Å². The average Bonchev–Trinajstić information content (AvgIpc) is 3.22. The summed E-state index contributed by atoms with van der Waals surface area (Å²) < 4.78 is 5.94. The van der Waals surface area contributed by atoms with Crippen LogP contribution in [0.4, 0.5) is 11.6 Å². The minimum Gasteiger partial charge on any atom is -0.381 e. The Balaban J connectivity index is 1.26. The number of likely N-dealkylation sites (tertiary alicyclic amines) is 1. The summed E-state index contributed by atoms with van der Waals surface area (Å²) in [5, 5.41) is 1.16. The molecule has 0 amide bonds. The Kier molecular flexibility index (Phi) is 9.20. The molecule has 5 rings (SSSR count). The molecule has 3 aliphatic heterocycles. The second-order valence-electron chi connectivity index (χ2n) is 11.1. The molecule has 0 aliphatic carbocycles. The first kappa shape index (κ1) is 28.4. The molecule has 0 saturated carbocycles. The predicted octanol–water partition coefficient (Wildman–Crippen LogP) is 4.45. The molecular weight excluding hydrogens is 530 g/mol. The maximum Gasteiger partial charge on any atom is 0.158 e. The number of halogens is 1. The summed E-state index contributed by atoms with van der Waals surface area (Å²) in [6.45, 7) is 10.1. The molecule has 0 aromatic carbocycles. The predicted molar refractivity (Wildman–Crippen MR) is 158 cm³/mol. The highest BCUT2D eigenvalue weighted by atomic mass is 35.5. The third kappa shape index (κ3) is 6.47. The number of pyridine rings is 1. The van der Waals surface area contributed by atoms with Gasteiger partial charge < -0.3 is 26.0 Å². The fourth-order valence-electron chi connectivity index (χ4n) is 5.95. The van der Waals surface area contributed by atoms with Gasteiger partial charge in [-0.3, -0.25) is 0 Å². The van der Waals surface area contributed by atoms with E-state index in [1.54, 1.807) is 6.20 Å². The molecule has 210 valence electrons. The van der Waals surface area contributed by atoms with Gasteiger partial charge in [-0.05, 0) is 70.6 Å². The topological polar surface area (TPSA) is 106 Å². The van der Waals surface area contributed by atoms with Crippen LogP contribution in [0, 0.1) is 23.2 Å². The van der Waals surface area contributed by atoms with Crippen LogP contribution in [0.1, 0.15) is 58.1 Å². The number of ether oxygens (including phenoxy) is 1. The molecule has 0 bridgehead atoms. The summed E-state index contributed by atoms with van der Waals surface area (Å²) in [5.74, 6) is 8.21. The number of hydrogen-bond donors (Lipinski definition) is 2. The Morgan fingerprint density at radius 1 is 1.18 bits per heavy atom. The van der Waals surface area contributed by atoms with Gasteiger partial charge in [0.05, 0.1) is 23.9 Å². The van der Waals surface area contributed by atoms with Crippen LogP contribution in [0.15, 0.2) is 28.4 Å². The van der Waals surface area contributed by atoms with Crippen molar-refractivity contribution in [3.8, 4) is 11.8 Å². The molecule has 2 aromatic rings. The third-order valence-corrected chi connectivity index (χ3v) is 10.2. The molecule has 3 fully saturated rings. The van der Waals surface area contributed by atoms with Crippen molar-refractivity contribution in [1.29, 1.82) is 0 Å². The van der Waals surface area contributed by atoms with Crippen LogP contribution in [-0.2, 0) is 4.74 Å². The number of nitrogens with two attached hydrogens (primary N) is 2. The highest BCUT2D eigenvalue weighted by molar-refractivity contribution is 7.99. The number of nitrogen functional groups attached to an aromatic ring is 1. The van der Waals surface area contributed by atoms with Crippen LogP contribution in [0.2, 0.25) is 5.02 Å². The standard InChI is InChI=1S/C29H40ClN7OS/c1-3-36-15-9-21(10-16-36)6-7-22-25(30)23(8-13-33-22)39-28-27(32)35-24(18-34-28)37-14-5-4-11-29(12-17-37)19-38-20(2)26(29)31/h8,13,18,20-21,26H,3-5,9-12,14-17,19,31H2,1-2H3,(H2,32,35)/t20-,26+,29?/m0/s1. The van der Waals surface area contributed by atoms with Crippen LogP contribution in [-0.4, -0.2) is 71.3 Å². The van der Waals surface area contributed by atoms with E-state index in [9.17, 15) is 0 Å². The van der Waals surface area contributed by atoms with E-state index in [0.717, 1.165) is 88.6 Å². The molecule has 4 N–H and O–H groups in total. The maximum atomic E-state index is 6.73. The minimum absolute atomic E-state index is 0.0401. The third-order valence-electron chi connectivity index (χ3n) is 8.64. The summed E-state index contributed by atoms with van der Waals surface area (Å²) in [6.07, 6.45) is 10.1. The molecule has 0 radical (unpaired) electrons. The zero-order valence-electron chi connectivity index (χ0n) is 23.0. The zero-order valence-corrected chi connectivity index (χ0v) is 24.6. The van der Waals surface area contributed by atoms with E-state index >= 15 is 0 Å². The molecule has 2 aromatic heterocycles. The van der Waals surface area contributed by atoms with E-state index < -0.39 is 0 Å². The van der Waals surface area contributed by atoms with Gasteiger partial charge >= 0.3 is 0 Å². The normalized spacial score (nSPS) is 26.7. The first-order chi connectivity index (χ1) is 18.9. The summed E-state index contributed by atoms with van der Waals surface area (Å²) in [6, 6.07) is 1.94. The molecule has 3 aliphatic rings. The molecule has 1 spiro atoms. The monoisotopic (exact) mass is 569 g/mol. The summed E-state index contributed by atoms with van der Waals surface area (Å²) in [7, 11) is 0. The van der Waals surface area contributed by atoms with Crippen molar-refractivity contribution in [1.82, 2.24) is 19.9 Å². The van der Waals surface area contributed by atoms with E-state index in [0.29, 0.717) is 27.5 Å². The first-order valence-corrected chi connectivity index (χ1v) is 15.4. The molecule has 3 atom stereocenters. The van der Waals surface area contributed by atoms with Crippen molar-refractivity contribution in [3.63, 3.8) is 0 Å². The van der Waals surface area contributed by atoms with Gasteiger partial charge in [0.1, 0.15) is 16.5 Å². The van der Waals surface area contributed by atoms with Crippen molar-refractivity contribution in [3.05, 3.63) is 29.2 Å². The molecule has 39 heavy (non-hydrogen) atoms. The van der Waals surface area contributed by atoms with Crippen molar-refractivity contribution < 1.29 is 4.74 Å². The van der Waals surface area contributed by atoms with Gasteiger partial charge in [-0.2, -0.15) is 0 Å². The first-order valence-electron chi connectivity index (χ1n) is 14.2. The lowest BCUT2D eigenvalue weighted by molar-refractivity contribution is 0.0985. The van der Waals surface area contributed by atoms with Gasteiger partial charge in [0, 0.05) is 41.6 Å². The minimum atomic E-state index is 0.0401. The molecular formula is C29H40ClN7OS. The average molecular weight is 570 g/mol. The SMILES string of the molecule is CCN1CCC(C#Cc2nccc(Sc3ncc(N4CCCCC5(CC4)CO[C@@H](C)[C@H]5N)nc3N)c2Cl)CC1. The van der Waals surface area contributed by atoms with Gasteiger partial charge in [-0.1, -0.05) is 42.6 Å². The molecule has 3 saturated heterocycles. The van der Waals surface area contributed by atoms with E-state index in [1.807, 2.05) is 12.3 Å². The van der Waals surface area contributed by atoms with E-state index in [4.69, 9.17) is 32.8 Å². The van der Waals surface area contributed by atoms with Crippen molar-refractivity contribution in [2.75, 3.05) is 50.0 Å². The molecule has 5 heterocycles. The van der Waals surface area contributed by atoms with Gasteiger partial charge in [-0.15, -0.1) is 0 Å². The summed E-state index contributed by atoms with van der Waals surface area (Å²) >= 11 is 8.13. The Morgan fingerprint density at radius 2 is 2.00 bits per heavy atom. The lowest BCUT2D eigenvalue weighted by Gasteiger charge is -2.37. The van der Waals surface area contributed by atoms with Gasteiger partial charge in [0.2, 0.25) is 0 Å². The fourth-order valence-corrected chi connectivity index (χ4v) is 7.00. The quantitative estimate of drug-likeness (QED) is 0.516. The Hall–Kier alpha value is -2.09. The zero-order chi connectivity index (χ0) is 27.4. The van der Waals surface area contributed by atoms with Crippen LogP contribution >= 0.6 is 23.4 Å². The van der Waals surface area contributed by atoms with Crippen molar-refractivity contribution >= 4 is 35.0 Å². The highest BCUT2D eigenvalue weighted by Gasteiger charge is 2.45. The van der Waals surface area contributed by atoms with E-state index in [1.165, 1.54) is 11.8 Å². The Labute approximate surface area is 241 Å². The summed E-state index contributed by atoms with van der Waals surface area (Å²) in [4.78, 5) is 19.4. The lowest BCUT2D eigenvalue weighted by Crippen LogP contribution is -2.46. The number of nitrogens with zero attached hydrogens (tertiary/aromatic N) is 5. The summed E-state index contributed by atoms with van der Waals surface area (Å²) in [5.41, 5.74) is 13.6. The van der Waals surface area contributed by atoms with Crippen LogP contribution < -0.4 is 16.4 Å². The number of rotatable bonds is 4. The van der Waals surface area contributed by atoms with Gasteiger partial charge in [0.25, 0.3) is 0 Å². The smallest absolute Gasteiger partial charge is 0.158 e. The largest absolute Gasteiger partial charge is 0.381 e. The van der Waals surface area contributed by atoms with Crippen LogP contribution in [0.25, 0.3) is 0 Å². The van der Waals surface area contributed by atoms with Crippen LogP contribution in [0.3, 0.4) is 0 Å². The molecule has 10 heteroatoms. The van der Waals surface area contributed by atoms with Crippen molar-refractivity contribution in [2.45, 2.75) is 74.4 Å². The highest BCUT2D eigenvalue weighted by Crippen LogP contribution is 2.41. The van der Waals surface area contributed by atoms with E-state index in [2.05, 4.69) is 45.5 Å². The number of anilines is 2. The van der Waals surface area contributed by atoms with Gasteiger partial charge in [0.15, 0.2) is 5.82 Å². The van der Waals surface area contributed by atoms with Gasteiger partial charge in [-0.25, -0.2) is 15.0 Å². The lowest BCUT2D eigenvalue weighted by atomic mass is 9.73. The molecule has 1 unspecified atom stereocenters. The van der Waals surface area contributed by atoms with E-state index in [-0.39, 0.29) is 17.6 Å². The van der Waals surface area contributed by atoms with Crippen LogP contribution in [0.5, 0.6) is 0 Å².